The summed E-state index contributed by atoms with van der Waals surface area (Å²) in [4.78, 5) is 0. The molecule has 0 saturated carbocycles. The number of benzene rings is 2. The van der Waals surface area contributed by atoms with E-state index in [4.69, 9.17) is 0 Å². The zero-order chi connectivity index (χ0) is 15.7. The highest BCUT2D eigenvalue weighted by molar-refractivity contribution is 9.10. The van der Waals surface area contributed by atoms with Crippen LogP contribution >= 0.6 is 15.9 Å². The molecule has 112 valence electrons. The van der Waals surface area contributed by atoms with Crippen LogP contribution in [0.4, 0.5) is 13.2 Å². The van der Waals surface area contributed by atoms with Crippen molar-refractivity contribution in [2.24, 2.45) is 0 Å². The van der Waals surface area contributed by atoms with E-state index in [0.29, 0.717) is 6.42 Å². The van der Waals surface area contributed by atoms with Crippen LogP contribution in [0.3, 0.4) is 0 Å². The lowest BCUT2D eigenvalue weighted by Gasteiger charge is -2.11. The second-order valence-corrected chi connectivity index (χ2v) is 5.72. The molecule has 0 amide bonds. The number of halogens is 4. The zero-order valence-electron chi connectivity index (χ0n) is 11.2. The summed E-state index contributed by atoms with van der Waals surface area (Å²) in [7, 11) is 0. The minimum Gasteiger partial charge on any atom is -0.166 e. The topological polar surface area (TPSA) is 25.8 Å². The quantitative estimate of drug-likeness (QED) is 0.637. The molecule has 0 saturated heterocycles. The smallest absolute Gasteiger partial charge is 0.166 e. The van der Waals surface area contributed by atoms with Crippen molar-refractivity contribution >= 4 is 26.7 Å². The van der Waals surface area contributed by atoms with Crippen LogP contribution in [-0.2, 0) is 12.6 Å². The molecule has 3 rings (SSSR count). The molecule has 0 aliphatic heterocycles. The summed E-state index contributed by atoms with van der Waals surface area (Å²) in [5.74, 6) is 0. The first kappa shape index (κ1) is 15.0. The van der Waals surface area contributed by atoms with Gasteiger partial charge in [-0.15, -0.1) is 0 Å². The van der Waals surface area contributed by atoms with E-state index >= 15 is 0 Å². The summed E-state index contributed by atoms with van der Waals surface area (Å²) in [6.07, 6.45) is -2.27. The first-order chi connectivity index (χ1) is 10.4. The molecule has 3 aromatic rings. The molecular formula is C16H10BrF3N2. The fourth-order valence-corrected chi connectivity index (χ4v) is 2.96. The van der Waals surface area contributed by atoms with Gasteiger partial charge in [0, 0.05) is 21.7 Å². The Morgan fingerprint density at radius 1 is 1.05 bits per heavy atom. The van der Waals surface area contributed by atoms with E-state index in [1.807, 2.05) is 24.3 Å². The van der Waals surface area contributed by atoms with Crippen molar-refractivity contribution < 1.29 is 13.2 Å². The highest BCUT2D eigenvalue weighted by atomic mass is 79.9. The second-order valence-electron chi connectivity index (χ2n) is 4.87. The molecule has 0 N–H and O–H groups in total. The average molecular weight is 367 g/mol. The van der Waals surface area contributed by atoms with Crippen molar-refractivity contribution in [3.63, 3.8) is 0 Å². The summed E-state index contributed by atoms with van der Waals surface area (Å²) >= 11 is 2.99. The van der Waals surface area contributed by atoms with Crippen LogP contribution in [0, 0.1) is 0 Å². The molecule has 1 heterocycles. The lowest BCUT2D eigenvalue weighted by Crippen LogP contribution is -2.06. The Kier molecular flexibility index (Phi) is 3.87. The summed E-state index contributed by atoms with van der Waals surface area (Å²) in [6.45, 7) is 0. The molecule has 0 atom stereocenters. The molecule has 0 fully saturated rings. The van der Waals surface area contributed by atoms with Gasteiger partial charge in [-0.05, 0) is 17.7 Å². The Morgan fingerprint density at radius 3 is 2.55 bits per heavy atom. The SMILES string of the molecule is FC(F)(F)c1ccc(Cc2nncc3ccccc23)cc1Br. The molecule has 6 heteroatoms. The van der Waals surface area contributed by atoms with E-state index in [1.165, 1.54) is 12.1 Å². The number of hydrogen-bond acceptors (Lipinski definition) is 2. The van der Waals surface area contributed by atoms with E-state index < -0.39 is 11.7 Å². The van der Waals surface area contributed by atoms with Crippen LogP contribution in [-0.4, -0.2) is 10.2 Å². The fraction of sp³-hybridized carbons (Fsp3) is 0.125. The van der Waals surface area contributed by atoms with E-state index in [2.05, 4.69) is 26.1 Å². The zero-order valence-corrected chi connectivity index (χ0v) is 12.8. The standard InChI is InChI=1S/C16H10BrF3N2/c17-14-7-10(5-6-13(14)16(18,19)20)8-15-12-4-2-1-3-11(12)9-21-22-15/h1-7,9H,8H2. The molecule has 0 unspecified atom stereocenters. The van der Waals surface area contributed by atoms with Crippen molar-refractivity contribution in [2.45, 2.75) is 12.6 Å². The third-order valence-electron chi connectivity index (χ3n) is 3.36. The number of aromatic nitrogens is 2. The Hall–Kier alpha value is -1.95. The van der Waals surface area contributed by atoms with Gasteiger partial charge < -0.3 is 0 Å². The van der Waals surface area contributed by atoms with E-state index in [9.17, 15) is 13.2 Å². The van der Waals surface area contributed by atoms with Gasteiger partial charge in [0.25, 0.3) is 0 Å². The Morgan fingerprint density at radius 2 is 1.82 bits per heavy atom. The van der Waals surface area contributed by atoms with Gasteiger partial charge in [-0.2, -0.15) is 23.4 Å². The lowest BCUT2D eigenvalue weighted by molar-refractivity contribution is -0.138. The predicted octanol–water partition coefficient (Wildman–Crippen LogP) is 5.00. The van der Waals surface area contributed by atoms with Crippen LogP contribution in [0.25, 0.3) is 10.8 Å². The van der Waals surface area contributed by atoms with Crippen molar-refractivity contribution in [1.82, 2.24) is 10.2 Å². The summed E-state index contributed by atoms with van der Waals surface area (Å²) in [5.41, 5.74) is 0.801. The summed E-state index contributed by atoms with van der Waals surface area (Å²) < 4.78 is 38.3. The van der Waals surface area contributed by atoms with Crippen molar-refractivity contribution in [2.75, 3.05) is 0 Å². The van der Waals surface area contributed by atoms with Crippen LogP contribution in [0.5, 0.6) is 0 Å². The molecule has 0 bridgehead atoms. The normalized spacial score (nSPS) is 11.8. The second kappa shape index (κ2) is 5.68. The fourth-order valence-electron chi connectivity index (χ4n) is 2.31. The van der Waals surface area contributed by atoms with Gasteiger partial charge in [-0.1, -0.05) is 46.3 Å². The summed E-state index contributed by atoms with van der Waals surface area (Å²) in [6, 6.07) is 11.7. The minimum absolute atomic E-state index is 0.0331. The molecule has 2 nitrogen and oxygen atoms in total. The maximum atomic E-state index is 12.8. The highest BCUT2D eigenvalue weighted by Crippen LogP contribution is 2.35. The number of nitrogens with zero attached hydrogens (tertiary/aromatic N) is 2. The number of fused-ring (bicyclic) bond motifs is 1. The van der Waals surface area contributed by atoms with Gasteiger partial charge in [-0.3, -0.25) is 0 Å². The highest BCUT2D eigenvalue weighted by Gasteiger charge is 2.32. The Balaban J connectivity index is 1.98. The monoisotopic (exact) mass is 366 g/mol. The summed E-state index contributed by atoms with van der Waals surface area (Å²) in [5, 5.41) is 9.97. The average Bonchev–Trinajstić information content (AvgIpc) is 2.46. The number of alkyl halides is 3. The molecule has 0 spiro atoms. The first-order valence-corrected chi connectivity index (χ1v) is 7.29. The van der Waals surface area contributed by atoms with Crippen LogP contribution in [0.15, 0.2) is 53.1 Å². The van der Waals surface area contributed by atoms with Crippen molar-refractivity contribution in [1.29, 1.82) is 0 Å². The van der Waals surface area contributed by atoms with Gasteiger partial charge in [-0.25, -0.2) is 0 Å². The largest absolute Gasteiger partial charge is 0.417 e. The lowest BCUT2D eigenvalue weighted by atomic mass is 10.0. The van der Waals surface area contributed by atoms with Gasteiger partial charge in [0.1, 0.15) is 0 Å². The first-order valence-electron chi connectivity index (χ1n) is 6.50. The Bertz CT molecular complexity index is 826. The predicted molar refractivity (Wildman–Crippen MR) is 81.5 cm³/mol. The maximum Gasteiger partial charge on any atom is 0.417 e. The van der Waals surface area contributed by atoms with E-state index in [1.54, 1.807) is 6.20 Å². The van der Waals surface area contributed by atoms with Gasteiger partial charge in [0.15, 0.2) is 0 Å². The Labute approximate surface area is 133 Å². The van der Waals surface area contributed by atoms with Gasteiger partial charge >= 0.3 is 6.18 Å². The molecule has 0 aliphatic carbocycles. The third kappa shape index (κ3) is 2.97. The van der Waals surface area contributed by atoms with E-state index in [0.717, 1.165) is 28.1 Å². The van der Waals surface area contributed by atoms with Crippen molar-refractivity contribution in [3.8, 4) is 0 Å². The van der Waals surface area contributed by atoms with Crippen LogP contribution in [0.1, 0.15) is 16.8 Å². The van der Waals surface area contributed by atoms with Gasteiger partial charge in [0.2, 0.25) is 0 Å². The number of hydrogen-bond donors (Lipinski definition) is 0. The third-order valence-corrected chi connectivity index (χ3v) is 4.01. The maximum absolute atomic E-state index is 12.8. The molecule has 0 radical (unpaired) electrons. The van der Waals surface area contributed by atoms with Gasteiger partial charge in [0.05, 0.1) is 17.5 Å². The molecule has 1 aromatic heterocycles. The molecule has 2 aromatic carbocycles. The molecule has 0 aliphatic rings. The number of rotatable bonds is 2. The minimum atomic E-state index is -4.36. The van der Waals surface area contributed by atoms with E-state index in [-0.39, 0.29) is 4.47 Å². The van der Waals surface area contributed by atoms with Crippen molar-refractivity contribution in [3.05, 3.63) is 70.0 Å². The van der Waals surface area contributed by atoms with Crippen LogP contribution < -0.4 is 0 Å². The van der Waals surface area contributed by atoms with Crippen LogP contribution in [0.2, 0.25) is 0 Å². The molecular weight excluding hydrogens is 357 g/mol. The molecule has 22 heavy (non-hydrogen) atoms.